The van der Waals surface area contributed by atoms with E-state index >= 15 is 0 Å². The molecule has 2 N–H and O–H groups in total. The normalized spacial score (nSPS) is 32.9. The van der Waals surface area contributed by atoms with E-state index in [1.54, 1.807) is 6.92 Å². The average molecular weight is 240 g/mol. The molecule has 5 heteroatoms. The van der Waals surface area contributed by atoms with E-state index in [9.17, 15) is 5.11 Å². The molecule has 1 aliphatic heterocycles. The molecule has 94 valence electrons. The Hall–Kier alpha value is -0.980. The van der Waals surface area contributed by atoms with Gasteiger partial charge in [-0.25, -0.2) is 15.0 Å². The zero-order valence-corrected chi connectivity index (χ0v) is 9.63. The molecule has 1 aromatic carbocycles. The van der Waals surface area contributed by atoms with Crippen LogP contribution in [0.25, 0.3) is 0 Å². The summed E-state index contributed by atoms with van der Waals surface area (Å²) in [6, 6.07) is 9.49. The molecule has 0 aliphatic carbocycles. The number of benzene rings is 1. The second-order valence-electron chi connectivity index (χ2n) is 4.62. The second-order valence-corrected chi connectivity index (χ2v) is 4.62. The van der Waals surface area contributed by atoms with Crippen molar-refractivity contribution in [3.8, 4) is 0 Å². The number of aliphatic hydroxyl groups is 1. The topological polar surface area (TPSA) is 68.2 Å². The van der Waals surface area contributed by atoms with Gasteiger partial charge in [0.1, 0.15) is 5.60 Å². The van der Waals surface area contributed by atoms with Gasteiger partial charge in [-0.15, -0.1) is 0 Å². The molecule has 1 aliphatic rings. The minimum absolute atomic E-state index is 0.201. The smallest absolute Gasteiger partial charge is 0.240 e. The molecule has 0 bridgehead atoms. The lowest BCUT2D eigenvalue weighted by Crippen LogP contribution is -2.37. The fourth-order valence-electron chi connectivity index (χ4n) is 1.97. The Balaban J connectivity index is 2.12. The Kier molecular flexibility index (Phi) is 3.46. The molecule has 2 rings (SSSR count). The van der Waals surface area contributed by atoms with Crippen molar-refractivity contribution in [1.82, 2.24) is 0 Å². The molecular weight excluding hydrogens is 224 g/mol. The lowest BCUT2D eigenvalue weighted by molar-refractivity contribution is -0.472. The fraction of sp³-hybridized carbons (Fsp3) is 0.500. The molecule has 2 atom stereocenters. The van der Waals surface area contributed by atoms with E-state index in [4.69, 9.17) is 15.0 Å². The molecule has 0 saturated carbocycles. The first-order valence-corrected chi connectivity index (χ1v) is 5.46. The van der Waals surface area contributed by atoms with Crippen molar-refractivity contribution in [2.75, 3.05) is 6.61 Å². The van der Waals surface area contributed by atoms with E-state index in [2.05, 4.69) is 4.89 Å². The van der Waals surface area contributed by atoms with Crippen molar-refractivity contribution in [3.05, 3.63) is 35.9 Å². The van der Waals surface area contributed by atoms with Gasteiger partial charge >= 0.3 is 0 Å². The van der Waals surface area contributed by atoms with Crippen molar-refractivity contribution in [2.45, 2.75) is 31.2 Å². The third-order valence-corrected chi connectivity index (χ3v) is 2.86. The maximum atomic E-state index is 9.18. The van der Waals surface area contributed by atoms with Crippen LogP contribution < -0.4 is 0 Å². The van der Waals surface area contributed by atoms with Crippen LogP contribution in [0.5, 0.6) is 0 Å². The van der Waals surface area contributed by atoms with Gasteiger partial charge in [0.15, 0.2) is 0 Å². The van der Waals surface area contributed by atoms with Crippen molar-refractivity contribution < 1.29 is 25.0 Å². The summed E-state index contributed by atoms with van der Waals surface area (Å²) >= 11 is 0. The molecule has 17 heavy (non-hydrogen) atoms. The maximum Gasteiger partial charge on any atom is 0.240 e. The van der Waals surface area contributed by atoms with Crippen LogP contribution in [-0.4, -0.2) is 28.4 Å². The molecule has 0 radical (unpaired) electrons. The predicted molar refractivity (Wildman–Crippen MR) is 58.9 cm³/mol. The fourth-order valence-corrected chi connectivity index (χ4v) is 1.97. The second kappa shape index (κ2) is 4.72. The van der Waals surface area contributed by atoms with Gasteiger partial charge in [-0.3, -0.25) is 0 Å². The van der Waals surface area contributed by atoms with Crippen LogP contribution in [-0.2, 0) is 21.1 Å². The Morgan fingerprint density at radius 2 is 2.00 bits per heavy atom. The van der Waals surface area contributed by atoms with Crippen LogP contribution >= 0.6 is 0 Å². The lowest BCUT2D eigenvalue weighted by atomic mass is 9.93. The summed E-state index contributed by atoms with van der Waals surface area (Å²) in [7, 11) is 0. The molecule has 1 aromatic rings. The van der Waals surface area contributed by atoms with Crippen LogP contribution in [0.3, 0.4) is 0 Å². The summed E-state index contributed by atoms with van der Waals surface area (Å²) in [5.74, 6) is -1.25. The third-order valence-electron chi connectivity index (χ3n) is 2.86. The highest BCUT2D eigenvalue weighted by atomic mass is 17.3. The molecular formula is C12H16O5. The van der Waals surface area contributed by atoms with E-state index in [1.165, 1.54) is 0 Å². The van der Waals surface area contributed by atoms with E-state index in [0.29, 0.717) is 6.42 Å². The van der Waals surface area contributed by atoms with Crippen LogP contribution in [0, 0.1) is 0 Å². The molecule has 0 spiro atoms. The zero-order valence-electron chi connectivity index (χ0n) is 9.63. The van der Waals surface area contributed by atoms with Crippen LogP contribution in [0.2, 0.25) is 0 Å². The minimum Gasteiger partial charge on any atom is -0.393 e. The minimum atomic E-state index is -1.25. The largest absolute Gasteiger partial charge is 0.393 e. The van der Waals surface area contributed by atoms with Gasteiger partial charge in [-0.05, 0) is 12.5 Å². The van der Waals surface area contributed by atoms with E-state index in [-0.39, 0.29) is 13.0 Å². The maximum absolute atomic E-state index is 9.18. The summed E-state index contributed by atoms with van der Waals surface area (Å²) in [4.78, 5) is 14.5. The SMILES string of the molecule is C[C@]1(CO)C[C@](Cc2ccccc2)(OO)OO1. The van der Waals surface area contributed by atoms with Gasteiger partial charge in [0.25, 0.3) is 0 Å². The number of aliphatic hydroxyl groups excluding tert-OH is 1. The Morgan fingerprint density at radius 3 is 2.53 bits per heavy atom. The van der Waals surface area contributed by atoms with Crippen LogP contribution in [0.4, 0.5) is 0 Å². The van der Waals surface area contributed by atoms with Crippen LogP contribution in [0.1, 0.15) is 18.9 Å². The van der Waals surface area contributed by atoms with E-state index < -0.39 is 11.4 Å². The standard InChI is InChI=1S/C12H16O5/c1-11(9-13)8-12(15-14,17-16-11)7-10-5-3-2-4-6-10/h2-6,13-14H,7-9H2,1H3/t11-,12-/m1/s1. The van der Waals surface area contributed by atoms with Gasteiger partial charge in [0, 0.05) is 12.8 Å². The monoisotopic (exact) mass is 240 g/mol. The summed E-state index contributed by atoms with van der Waals surface area (Å²) in [6.07, 6.45) is 0.599. The van der Waals surface area contributed by atoms with Crippen molar-refractivity contribution in [1.29, 1.82) is 0 Å². The average Bonchev–Trinajstić information content (AvgIpc) is 2.70. The lowest BCUT2D eigenvalue weighted by Gasteiger charge is -2.22. The van der Waals surface area contributed by atoms with Gasteiger partial charge in [0.2, 0.25) is 5.79 Å². The first-order valence-electron chi connectivity index (χ1n) is 5.46. The Labute approximate surface area is 99.4 Å². The molecule has 5 nitrogen and oxygen atoms in total. The molecule has 1 fully saturated rings. The molecule has 1 heterocycles. The van der Waals surface area contributed by atoms with Crippen molar-refractivity contribution in [3.63, 3.8) is 0 Å². The van der Waals surface area contributed by atoms with Crippen molar-refractivity contribution >= 4 is 0 Å². The number of hydrogen-bond donors (Lipinski definition) is 2. The highest BCUT2D eigenvalue weighted by molar-refractivity contribution is 5.16. The van der Waals surface area contributed by atoms with Gasteiger partial charge in [0.05, 0.1) is 6.61 Å². The summed E-state index contributed by atoms with van der Waals surface area (Å²) in [5.41, 5.74) is 0.102. The summed E-state index contributed by atoms with van der Waals surface area (Å²) < 4.78 is 0. The number of rotatable bonds is 4. The quantitative estimate of drug-likeness (QED) is 0.617. The third kappa shape index (κ3) is 2.65. The molecule has 1 saturated heterocycles. The summed E-state index contributed by atoms with van der Waals surface area (Å²) in [5, 5.41) is 18.2. The molecule has 0 amide bonds. The first-order chi connectivity index (χ1) is 8.11. The molecule has 0 unspecified atom stereocenters. The van der Waals surface area contributed by atoms with Crippen molar-refractivity contribution in [2.24, 2.45) is 0 Å². The number of hydrogen-bond acceptors (Lipinski definition) is 5. The van der Waals surface area contributed by atoms with E-state index in [0.717, 1.165) is 5.56 Å². The van der Waals surface area contributed by atoms with Gasteiger partial charge in [-0.1, -0.05) is 30.3 Å². The highest BCUT2D eigenvalue weighted by Gasteiger charge is 2.51. The molecule has 0 aromatic heterocycles. The predicted octanol–water partition coefficient (Wildman–Crippen LogP) is 1.52. The zero-order chi connectivity index (χ0) is 12.4. The van der Waals surface area contributed by atoms with Gasteiger partial charge < -0.3 is 5.11 Å². The Morgan fingerprint density at radius 1 is 1.29 bits per heavy atom. The van der Waals surface area contributed by atoms with Gasteiger partial charge in [-0.2, -0.15) is 4.89 Å². The van der Waals surface area contributed by atoms with E-state index in [1.807, 2.05) is 30.3 Å². The Bertz CT molecular complexity index is 368. The highest BCUT2D eigenvalue weighted by Crippen LogP contribution is 2.38. The van der Waals surface area contributed by atoms with Crippen LogP contribution in [0.15, 0.2) is 30.3 Å². The summed E-state index contributed by atoms with van der Waals surface area (Å²) in [6.45, 7) is 1.49. The first kappa shape index (κ1) is 12.5.